The van der Waals surface area contributed by atoms with E-state index in [0.29, 0.717) is 34.3 Å². The van der Waals surface area contributed by atoms with Gasteiger partial charge in [-0.3, -0.25) is 4.79 Å². The van der Waals surface area contributed by atoms with Crippen LogP contribution < -0.4 is 9.47 Å². The number of hydrogen-bond acceptors (Lipinski definition) is 10. The maximum absolute atomic E-state index is 13.0. The molecule has 2 heterocycles. The topological polar surface area (TPSA) is 123 Å². The van der Waals surface area contributed by atoms with Gasteiger partial charge in [0.25, 0.3) is 5.89 Å². The van der Waals surface area contributed by atoms with Crippen LogP contribution in [0.25, 0.3) is 22.8 Å². The Bertz CT molecular complexity index is 1240. The van der Waals surface area contributed by atoms with Crippen LogP contribution >= 0.6 is 0 Å². The first kappa shape index (κ1) is 21.9. The highest BCUT2D eigenvalue weighted by Crippen LogP contribution is 2.31. The maximum atomic E-state index is 13.0. The van der Waals surface area contributed by atoms with Gasteiger partial charge in [0.1, 0.15) is 17.3 Å². The number of benzene rings is 2. The molecule has 170 valence electrons. The molecule has 0 aliphatic rings. The summed E-state index contributed by atoms with van der Waals surface area (Å²) >= 11 is 0. The molecule has 0 bridgehead atoms. The Kier molecular flexibility index (Phi) is 6.58. The van der Waals surface area contributed by atoms with Crippen molar-refractivity contribution in [1.29, 1.82) is 0 Å². The van der Waals surface area contributed by atoms with Crippen molar-refractivity contribution in [2.75, 3.05) is 14.2 Å². The van der Waals surface area contributed by atoms with Gasteiger partial charge in [0.15, 0.2) is 6.61 Å². The minimum atomic E-state index is -0.502. The Balaban J connectivity index is 1.30. The van der Waals surface area contributed by atoms with Crippen LogP contribution in [0.3, 0.4) is 0 Å². The highest BCUT2D eigenvalue weighted by molar-refractivity contribution is 5.69. The van der Waals surface area contributed by atoms with Crippen LogP contribution in [0.2, 0.25) is 0 Å². The van der Waals surface area contributed by atoms with Gasteiger partial charge in [0.2, 0.25) is 17.5 Å². The molecular weight excluding hydrogens is 435 g/mol. The molecule has 0 N–H and O–H groups in total. The van der Waals surface area contributed by atoms with E-state index >= 15 is 0 Å². The van der Waals surface area contributed by atoms with Gasteiger partial charge in [0, 0.05) is 18.1 Å². The fraction of sp³-hybridized carbons (Fsp3) is 0.227. The molecule has 10 nitrogen and oxygen atoms in total. The predicted molar refractivity (Wildman–Crippen MR) is 111 cm³/mol. The molecule has 0 unspecified atom stereocenters. The van der Waals surface area contributed by atoms with Gasteiger partial charge in [-0.25, -0.2) is 4.39 Å². The second kappa shape index (κ2) is 9.90. The first-order chi connectivity index (χ1) is 16.1. The Morgan fingerprint density at radius 2 is 1.67 bits per heavy atom. The summed E-state index contributed by atoms with van der Waals surface area (Å²) in [5.74, 6) is 1.27. The van der Waals surface area contributed by atoms with Gasteiger partial charge in [-0.1, -0.05) is 10.3 Å². The highest BCUT2D eigenvalue weighted by atomic mass is 19.1. The van der Waals surface area contributed by atoms with Crippen molar-refractivity contribution in [1.82, 2.24) is 20.3 Å². The summed E-state index contributed by atoms with van der Waals surface area (Å²) in [6.45, 7) is -0.186. The smallest absolute Gasteiger partial charge is 0.306 e. The number of halogens is 1. The number of carbonyl (C=O) groups is 1. The van der Waals surface area contributed by atoms with E-state index in [0.717, 1.165) is 0 Å². The zero-order chi connectivity index (χ0) is 23.2. The monoisotopic (exact) mass is 454 g/mol. The summed E-state index contributed by atoms with van der Waals surface area (Å²) in [4.78, 5) is 20.5. The molecular formula is C22H19FN4O6. The van der Waals surface area contributed by atoms with Gasteiger partial charge < -0.3 is 23.3 Å². The number of nitrogens with zero attached hydrogens (tertiary/aromatic N) is 4. The summed E-state index contributed by atoms with van der Waals surface area (Å²) in [6.07, 6.45) is 0.198. The van der Waals surface area contributed by atoms with Gasteiger partial charge in [0.05, 0.1) is 26.2 Å². The average Bonchev–Trinajstić information content (AvgIpc) is 3.51. The van der Waals surface area contributed by atoms with Crippen molar-refractivity contribution in [2.24, 2.45) is 0 Å². The van der Waals surface area contributed by atoms with E-state index in [1.165, 1.54) is 19.2 Å². The Morgan fingerprint density at radius 1 is 0.939 bits per heavy atom. The molecule has 0 amide bonds. The zero-order valence-electron chi connectivity index (χ0n) is 17.8. The standard InChI is InChI=1S/C22H19FN4O6/c1-29-15-7-8-16(17(11-15)30-2)22-25-19(33-27-22)12-31-20(28)10-9-18-24-21(26-32-18)13-3-5-14(23)6-4-13/h3-8,11H,9-10,12H2,1-2H3. The minimum absolute atomic E-state index is 0.0123. The molecule has 0 spiro atoms. The second-order valence-electron chi connectivity index (χ2n) is 6.76. The second-order valence-corrected chi connectivity index (χ2v) is 6.76. The molecule has 0 saturated carbocycles. The van der Waals surface area contributed by atoms with Crippen LogP contribution in [-0.4, -0.2) is 40.5 Å². The van der Waals surface area contributed by atoms with Crippen molar-refractivity contribution in [2.45, 2.75) is 19.4 Å². The molecule has 0 aliphatic heterocycles. The number of aromatic nitrogens is 4. The predicted octanol–water partition coefficient (Wildman–Crippen LogP) is 3.62. The van der Waals surface area contributed by atoms with E-state index in [9.17, 15) is 9.18 Å². The Morgan fingerprint density at radius 3 is 2.42 bits per heavy atom. The third-order valence-electron chi connectivity index (χ3n) is 4.59. The minimum Gasteiger partial charge on any atom is -0.497 e. The van der Waals surface area contributed by atoms with Gasteiger partial charge in [-0.05, 0) is 36.4 Å². The summed E-state index contributed by atoms with van der Waals surface area (Å²) in [5.41, 5.74) is 1.21. The third kappa shape index (κ3) is 5.32. The van der Waals surface area contributed by atoms with E-state index in [-0.39, 0.29) is 37.0 Å². The molecule has 4 aromatic rings. The molecule has 0 saturated heterocycles. The van der Waals surface area contributed by atoms with Crippen molar-refractivity contribution >= 4 is 5.97 Å². The highest BCUT2D eigenvalue weighted by Gasteiger charge is 2.16. The summed E-state index contributed by atoms with van der Waals surface area (Å²) < 4.78 is 39.0. The summed E-state index contributed by atoms with van der Waals surface area (Å²) in [6, 6.07) is 10.9. The molecule has 0 fully saturated rings. The number of rotatable bonds is 9. The van der Waals surface area contributed by atoms with E-state index in [1.54, 1.807) is 37.4 Å². The van der Waals surface area contributed by atoms with Crippen molar-refractivity contribution in [3.8, 4) is 34.3 Å². The number of carbonyl (C=O) groups excluding carboxylic acids is 1. The van der Waals surface area contributed by atoms with E-state index in [2.05, 4.69) is 20.3 Å². The number of hydrogen-bond donors (Lipinski definition) is 0. The van der Waals surface area contributed by atoms with Crippen molar-refractivity contribution in [3.05, 3.63) is 60.1 Å². The lowest BCUT2D eigenvalue weighted by Gasteiger charge is -2.07. The maximum Gasteiger partial charge on any atom is 0.306 e. The van der Waals surface area contributed by atoms with Crippen LogP contribution in [0.15, 0.2) is 51.5 Å². The third-order valence-corrected chi connectivity index (χ3v) is 4.59. The zero-order valence-corrected chi connectivity index (χ0v) is 17.8. The van der Waals surface area contributed by atoms with Crippen LogP contribution in [0.1, 0.15) is 18.2 Å². The van der Waals surface area contributed by atoms with Crippen molar-refractivity contribution in [3.63, 3.8) is 0 Å². The van der Waals surface area contributed by atoms with Crippen LogP contribution in [-0.2, 0) is 22.6 Å². The molecule has 11 heteroatoms. The molecule has 4 rings (SSSR count). The number of aryl methyl sites for hydroxylation is 1. The fourth-order valence-corrected chi connectivity index (χ4v) is 2.90. The van der Waals surface area contributed by atoms with Crippen LogP contribution in [0, 0.1) is 5.82 Å². The van der Waals surface area contributed by atoms with E-state index in [4.69, 9.17) is 23.3 Å². The van der Waals surface area contributed by atoms with Gasteiger partial charge >= 0.3 is 5.97 Å². The summed E-state index contributed by atoms with van der Waals surface area (Å²) in [7, 11) is 3.07. The molecule has 2 aromatic heterocycles. The van der Waals surface area contributed by atoms with Crippen LogP contribution in [0.5, 0.6) is 11.5 Å². The first-order valence-corrected chi connectivity index (χ1v) is 9.85. The Labute approximate surface area is 187 Å². The number of ether oxygens (including phenoxy) is 3. The summed E-state index contributed by atoms with van der Waals surface area (Å²) in [5, 5.41) is 7.74. The van der Waals surface area contributed by atoms with Gasteiger partial charge in [-0.2, -0.15) is 9.97 Å². The lowest BCUT2D eigenvalue weighted by atomic mass is 10.2. The first-order valence-electron chi connectivity index (χ1n) is 9.85. The number of esters is 1. The lowest BCUT2D eigenvalue weighted by molar-refractivity contribution is -0.145. The average molecular weight is 454 g/mol. The largest absolute Gasteiger partial charge is 0.497 e. The molecule has 0 aliphatic carbocycles. The molecule has 0 radical (unpaired) electrons. The molecule has 0 atom stereocenters. The SMILES string of the molecule is COc1ccc(-c2noc(COC(=O)CCc3nc(-c4ccc(F)cc4)no3)n2)c(OC)c1. The quantitative estimate of drug-likeness (QED) is 0.346. The molecule has 2 aromatic carbocycles. The molecule has 33 heavy (non-hydrogen) atoms. The fourth-order valence-electron chi connectivity index (χ4n) is 2.90. The number of methoxy groups -OCH3 is 2. The lowest BCUT2D eigenvalue weighted by Crippen LogP contribution is -2.06. The van der Waals surface area contributed by atoms with Gasteiger partial charge in [-0.15, -0.1) is 0 Å². The van der Waals surface area contributed by atoms with E-state index < -0.39 is 5.97 Å². The Hall–Kier alpha value is -4.28. The normalized spacial score (nSPS) is 10.8. The van der Waals surface area contributed by atoms with Crippen molar-refractivity contribution < 1.29 is 32.4 Å². The van der Waals surface area contributed by atoms with E-state index in [1.807, 2.05) is 0 Å². The van der Waals surface area contributed by atoms with Crippen LogP contribution in [0.4, 0.5) is 4.39 Å².